The summed E-state index contributed by atoms with van der Waals surface area (Å²) >= 11 is 0. The summed E-state index contributed by atoms with van der Waals surface area (Å²) in [5.41, 5.74) is 0.193. The molecule has 1 fully saturated rings. The minimum atomic E-state index is -1.13. The average molecular weight is 603 g/mol. The molecular weight excluding hydrogens is 556 g/mol. The molecule has 0 saturated carbocycles. The van der Waals surface area contributed by atoms with Gasteiger partial charge in [0.05, 0.1) is 31.2 Å². The van der Waals surface area contributed by atoms with Crippen molar-refractivity contribution in [2.45, 2.75) is 58.2 Å². The first-order valence-electron chi connectivity index (χ1n) is 15.0. The van der Waals surface area contributed by atoms with Crippen LogP contribution in [0.5, 0.6) is 5.75 Å². The Kier molecular flexibility index (Phi) is 13.2. The minimum absolute atomic E-state index is 0.0591. The van der Waals surface area contributed by atoms with Crippen LogP contribution in [0.2, 0.25) is 0 Å². The number of morpholine rings is 1. The summed E-state index contributed by atoms with van der Waals surface area (Å²) in [5, 5.41) is 11.2. The van der Waals surface area contributed by atoms with Gasteiger partial charge in [0.15, 0.2) is 0 Å². The Morgan fingerprint density at radius 3 is 2.49 bits per heavy atom. The van der Waals surface area contributed by atoms with Gasteiger partial charge in [-0.15, -0.1) is 0 Å². The zero-order chi connectivity index (χ0) is 31.4. The molecule has 1 aromatic carbocycles. The van der Waals surface area contributed by atoms with E-state index in [-0.39, 0.29) is 60.9 Å². The molecule has 2 aliphatic heterocycles. The van der Waals surface area contributed by atoms with Crippen LogP contribution < -0.4 is 26.0 Å². The predicted octanol–water partition coefficient (Wildman–Crippen LogP) is -0.1000. The maximum atomic E-state index is 13.4. The Hall–Kier alpha value is -3.71. The number of nitrogens with one attached hydrogen (secondary N) is 4. The smallest absolute Gasteiger partial charge is 0.255 e. The van der Waals surface area contributed by atoms with Crippen LogP contribution in [-0.4, -0.2) is 117 Å². The average Bonchev–Trinajstić information content (AvgIpc) is 2.98. The molecule has 238 valence electrons. The van der Waals surface area contributed by atoms with Gasteiger partial charge < -0.3 is 35.6 Å². The van der Waals surface area contributed by atoms with Crippen molar-refractivity contribution in [2.24, 2.45) is 5.92 Å². The molecule has 0 radical (unpaired) electrons. The maximum absolute atomic E-state index is 13.4. The monoisotopic (exact) mass is 602 g/mol. The summed E-state index contributed by atoms with van der Waals surface area (Å²) in [5.74, 6) is -1.91. The van der Waals surface area contributed by atoms with Crippen LogP contribution in [0.4, 0.5) is 0 Å². The van der Waals surface area contributed by atoms with E-state index >= 15 is 0 Å². The van der Waals surface area contributed by atoms with Crippen LogP contribution >= 0.6 is 0 Å². The highest BCUT2D eigenvalue weighted by atomic mass is 16.5. The number of ether oxygens (including phenoxy) is 2. The summed E-state index contributed by atoms with van der Waals surface area (Å²) in [4.78, 5) is 69.0. The third-order valence-corrected chi connectivity index (χ3v) is 7.43. The molecule has 3 atom stereocenters. The Labute approximate surface area is 253 Å². The summed E-state index contributed by atoms with van der Waals surface area (Å²) in [6.07, 6.45) is 0.219. The lowest BCUT2D eigenvalue weighted by atomic mass is 10.0. The fraction of sp³-hybridized carbons (Fsp3) is 0.633. The number of carbonyl (C=O) groups excluding carboxylic acids is 5. The molecule has 0 aliphatic carbocycles. The number of benzene rings is 1. The maximum Gasteiger partial charge on any atom is 0.255 e. The summed E-state index contributed by atoms with van der Waals surface area (Å²) in [6, 6.07) is 4.28. The van der Waals surface area contributed by atoms with Crippen molar-refractivity contribution in [3.05, 3.63) is 29.8 Å². The first-order valence-corrected chi connectivity index (χ1v) is 15.0. The highest BCUT2D eigenvalue weighted by Gasteiger charge is 2.29. The number of rotatable bonds is 5. The van der Waals surface area contributed by atoms with Gasteiger partial charge in [0.2, 0.25) is 23.6 Å². The molecule has 1 saturated heterocycles. The van der Waals surface area contributed by atoms with Gasteiger partial charge in [0.25, 0.3) is 5.91 Å². The lowest BCUT2D eigenvalue weighted by molar-refractivity contribution is -0.134. The van der Waals surface area contributed by atoms with Crippen LogP contribution in [0, 0.1) is 5.92 Å². The highest BCUT2D eigenvalue weighted by molar-refractivity contribution is 6.00. The minimum Gasteiger partial charge on any atom is -0.491 e. The first kappa shape index (κ1) is 33.8. The molecule has 0 spiro atoms. The molecule has 3 rings (SSSR count). The van der Waals surface area contributed by atoms with Crippen molar-refractivity contribution >= 4 is 29.5 Å². The molecule has 13 heteroatoms. The predicted molar refractivity (Wildman–Crippen MR) is 159 cm³/mol. The van der Waals surface area contributed by atoms with Crippen LogP contribution in [0.25, 0.3) is 0 Å². The SMILES string of the molecule is CC(C)[C@H]1NC(=O)CCCN(C)C(=O)C[C@@H](C(=O)NCCN2CCOCC2)NC(=O)c2ccccc2OC[C@H](C)NC1=O. The molecule has 2 heterocycles. The van der Waals surface area contributed by atoms with E-state index in [0.717, 1.165) is 13.1 Å². The highest BCUT2D eigenvalue weighted by Crippen LogP contribution is 2.19. The van der Waals surface area contributed by atoms with Gasteiger partial charge in [-0.2, -0.15) is 0 Å². The van der Waals surface area contributed by atoms with Gasteiger partial charge in [0, 0.05) is 46.2 Å². The molecule has 4 N–H and O–H groups in total. The molecule has 0 bridgehead atoms. The summed E-state index contributed by atoms with van der Waals surface area (Å²) in [6.45, 7) is 9.57. The number of carbonyl (C=O) groups is 5. The van der Waals surface area contributed by atoms with E-state index in [9.17, 15) is 24.0 Å². The second-order valence-electron chi connectivity index (χ2n) is 11.4. The fourth-order valence-corrected chi connectivity index (χ4v) is 4.81. The Bertz CT molecular complexity index is 1120. The van der Waals surface area contributed by atoms with Crippen molar-refractivity contribution in [3.63, 3.8) is 0 Å². The number of amides is 5. The van der Waals surface area contributed by atoms with Gasteiger partial charge in [-0.1, -0.05) is 26.0 Å². The van der Waals surface area contributed by atoms with Crippen molar-refractivity contribution in [3.8, 4) is 5.75 Å². The van der Waals surface area contributed by atoms with Crippen molar-refractivity contribution in [1.82, 2.24) is 31.1 Å². The van der Waals surface area contributed by atoms with Gasteiger partial charge in [0.1, 0.15) is 24.4 Å². The standard InChI is InChI=1S/C30H46N6O7/c1-20(2)27-30(41)32-21(3)19-43-24-9-6-5-8-22(24)28(39)33-23(18-26(38)35(4)12-7-10-25(37)34-27)29(40)31-11-13-36-14-16-42-17-15-36/h5-6,8-9,20-21,23,27H,7,10-19H2,1-4H3,(H,31,40)(H,32,41)(H,33,39)(H,34,37)/t21-,23-,27+/m0/s1. The largest absolute Gasteiger partial charge is 0.491 e. The van der Waals surface area contributed by atoms with Crippen LogP contribution in [0.3, 0.4) is 0 Å². The first-order chi connectivity index (χ1) is 20.5. The normalized spacial score (nSPS) is 23.9. The molecule has 43 heavy (non-hydrogen) atoms. The van der Waals surface area contributed by atoms with E-state index in [1.807, 2.05) is 13.8 Å². The number of fused-ring (bicyclic) bond motifs is 1. The Morgan fingerprint density at radius 2 is 1.77 bits per heavy atom. The zero-order valence-corrected chi connectivity index (χ0v) is 25.6. The second kappa shape index (κ2) is 16.8. The number of hydrogen-bond donors (Lipinski definition) is 4. The number of hydrogen-bond acceptors (Lipinski definition) is 8. The van der Waals surface area contributed by atoms with Gasteiger partial charge in [-0.3, -0.25) is 28.9 Å². The summed E-state index contributed by atoms with van der Waals surface area (Å²) < 4.78 is 11.3. The Morgan fingerprint density at radius 1 is 1.05 bits per heavy atom. The molecule has 0 aromatic heterocycles. The Balaban J connectivity index is 1.79. The van der Waals surface area contributed by atoms with E-state index < -0.39 is 29.9 Å². The lowest BCUT2D eigenvalue weighted by Crippen LogP contribution is -2.52. The third-order valence-electron chi connectivity index (χ3n) is 7.43. The van der Waals surface area contributed by atoms with Gasteiger partial charge in [-0.25, -0.2) is 0 Å². The number of nitrogens with zero attached hydrogens (tertiary/aromatic N) is 2. The number of para-hydroxylation sites is 1. The van der Waals surface area contributed by atoms with E-state index in [1.54, 1.807) is 38.2 Å². The molecule has 0 unspecified atom stereocenters. The molecule has 13 nitrogen and oxygen atoms in total. The topological polar surface area (TPSA) is 158 Å². The van der Waals surface area contributed by atoms with Gasteiger partial charge in [-0.05, 0) is 31.4 Å². The van der Waals surface area contributed by atoms with Crippen LogP contribution in [-0.2, 0) is 23.9 Å². The molecule has 2 aliphatic rings. The second-order valence-corrected chi connectivity index (χ2v) is 11.4. The quantitative estimate of drug-likeness (QED) is 0.364. The molecular formula is C30H46N6O7. The van der Waals surface area contributed by atoms with Gasteiger partial charge >= 0.3 is 0 Å². The molecule has 1 aromatic rings. The fourth-order valence-electron chi connectivity index (χ4n) is 4.81. The van der Waals surface area contributed by atoms with E-state index in [1.165, 1.54) is 4.90 Å². The van der Waals surface area contributed by atoms with E-state index in [4.69, 9.17) is 9.47 Å². The van der Waals surface area contributed by atoms with Crippen molar-refractivity contribution < 1.29 is 33.4 Å². The lowest BCUT2D eigenvalue weighted by Gasteiger charge is -2.27. The third kappa shape index (κ3) is 10.8. The van der Waals surface area contributed by atoms with E-state index in [2.05, 4.69) is 26.2 Å². The van der Waals surface area contributed by atoms with Crippen LogP contribution in [0.15, 0.2) is 24.3 Å². The van der Waals surface area contributed by atoms with Crippen molar-refractivity contribution in [2.75, 3.05) is 59.6 Å². The van der Waals surface area contributed by atoms with Crippen molar-refractivity contribution in [1.29, 1.82) is 0 Å². The zero-order valence-electron chi connectivity index (χ0n) is 25.6. The molecule has 5 amide bonds. The van der Waals surface area contributed by atoms with Crippen LogP contribution in [0.1, 0.15) is 50.4 Å². The summed E-state index contributed by atoms with van der Waals surface area (Å²) in [7, 11) is 1.59. The van der Waals surface area contributed by atoms with E-state index in [0.29, 0.717) is 32.7 Å².